The van der Waals surface area contributed by atoms with E-state index in [1.165, 1.54) is 0 Å². The predicted molar refractivity (Wildman–Crippen MR) is 103 cm³/mol. The quantitative estimate of drug-likeness (QED) is 0.567. The predicted octanol–water partition coefficient (Wildman–Crippen LogP) is 5.12. The van der Waals surface area contributed by atoms with E-state index in [9.17, 15) is 4.79 Å². The van der Waals surface area contributed by atoms with Crippen molar-refractivity contribution >= 4 is 5.97 Å². The summed E-state index contributed by atoms with van der Waals surface area (Å²) in [6, 6.07) is 15.0. The van der Waals surface area contributed by atoms with Gasteiger partial charge >= 0.3 is 5.97 Å². The Kier molecular flexibility index (Phi) is 5.50. The van der Waals surface area contributed by atoms with Crippen molar-refractivity contribution < 1.29 is 23.4 Å². The molecular weight excluding hydrogens is 344 g/mol. The van der Waals surface area contributed by atoms with Crippen LogP contribution in [-0.4, -0.2) is 26.8 Å². The number of furan rings is 1. The monoisotopic (exact) mass is 366 g/mol. The molecule has 1 heterocycles. The third kappa shape index (κ3) is 3.53. The fraction of sp³-hybridized carbons (Fsp3) is 0.227. The Morgan fingerprint density at radius 3 is 2.41 bits per heavy atom. The van der Waals surface area contributed by atoms with Crippen molar-refractivity contribution in [2.24, 2.45) is 0 Å². The standard InChI is InChI=1S/C22H22O5/c1-5-26-22(23)20-19(17-12-11-16(24-3)13-18(17)25-4)14(2)27-21(20)15-9-7-6-8-10-15/h6-13H,5H2,1-4H3. The first-order chi connectivity index (χ1) is 13.1. The summed E-state index contributed by atoms with van der Waals surface area (Å²) in [5, 5.41) is 0. The zero-order chi connectivity index (χ0) is 19.4. The zero-order valence-corrected chi connectivity index (χ0v) is 15.9. The van der Waals surface area contributed by atoms with E-state index in [-0.39, 0.29) is 6.61 Å². The average Bonchev–Trinajstić information content (AvgIpc) is 3.05. The van der Waals surface area contributed by atoms with Crippen molar-refractivity contribution in [1.82, 2.24) is 0 Å². The van der Waals surface area contributed by atoms with Gasteiger partial charge in [0.2, 0.25) is 0 Å². The molecule has 140 valence electrons. The smallest absolute Gasteiger partial charge is 0.342 e. The largest absolute Gasteiger partial charge is 0.497 e. The second-order valence-corrected chi connectivity index (χ2v) is 5.89. The summed E-state index contributed by atoms with van der Waals surface area (Å²) in [5.74, 6) is 1.92. The molecule has 3 aromatic rings. The molecule has 0 N–H and O–H groups in total. The van der Waals surface area contributed by atoms with E-state index in [1.54, 1.807) is 27.2 Å². The number of hydrogen-bond donors (Lipinski definition) is 0. The number of benzene rings is 2. The normalized spacial score (nSPS) is 10.5. The number of methoxy groups -OCH3 is 2. The molecule has 0 aliphatic heterocycles. The third-order valence-electron chi connectivity index (χ3n) is 4.28. The molecular formula is C22H22O5. The maximum atomic E-state index is 12.8. The summed E-state index contributed by atoms with van der Waals surface area (Å²) in [6.45, 7) is 3.88. The number of ether oxygens (including phenoxy) is 3. The Morgan fingerprint density at radius 2 is 1.78 bits per heavy atom. The summed E-state index contributed by atoms with van der Waals surface area (Å²) >= 11 is 0. The van der Waals surface area contributed by atoms with E-state index in [1.807, 2.05) is 49.4 Å². The van der Waals surface area contributed by atoms with Gasteiger partial charge in [0.1, 0.15) is 28.6 Å². The number of aryl methyl sites for hydroxylation is 1. The van der Waals surface area contributed by atoms with Gasteiger partial charge in [-0.2, -0.15) is 0 Å². The highest BCUT2D eigenvalue weighted by atomic mass is 16.5. The lowest BCUT2D eigenvalue weighted by Crippen LogP contribution is -2.07. The molecule has 0 fully saturated rings. The van der Waals surface area contributed by atoms with Gasteiger partial charge in [0.25, 0.3) is 0 Å². The first kappa shape index (κ1) is 18.6. The second-order valence-electron chi connectivity index (χ2n) is 5.89. The first-order valence-corrected chi connectivity index (χ1v) is 8.69. The van der Waals surface area contributed by atoms with Crippen LogP contribution in [0.1, 0.15) is 23.0 Å². The molecule has 0 aliphatic carbocycles. The molecule has 0 aliphatic rings. The van der Waals surface area contributed by atoms with Gasteiger partial charge in [0, 0.05) is 22.8 Å². The van der Waals surface area contributed by atoms with Gasteiger partial charge in [-0.15, -0.1) is 0 Å². The van der Waals surface area contributed by atoms with E-state index in [2.05, 4.69) is 0 Å². The summed E-state index contributed by atoms with van der Waals surface area (Å²) in [5.41, 5.74) is 2.60. The van der Waals surface area contributed by atoms with Crippen molar-refractivity contribution in [3.63, 3.8) is 0 Å². The second kappa shape index (κ2) is 7.99. The molecule has 0 spiro atoms. The van der Waals surface area contributed by atoms with Crippen LogP contribution in [0.25, 0.3) is 22.5 Å². The van der Waals surface area contributed by atoms with Gasteiger partial charge in [0.05, 0.1) is 20.8 Å². The summed E-state index contributed by atoms with van der Waals surface area (Å²) in [6.07, 6.45) is 0. The maximum Gasteiger partial charge on any atom is 0.342 e. The highest BCUT2D eigenvalue weighted by Crippen LogP contribution is 2.42. The van der Waals surface area contributed by atoms with Gasteiger partial charge < -0.3 is 18.6 Å². The highest BCUT2D eigenvalue weighted by molar-refractivity contribution is 6.04. The van der Waals surface area contributed by atoms with Crippen LogP contribution in [0, 0.1) is 6.92 Å². The molecule has 0 radical (unpaired) electrons. The Bertz CT molecular complexity index is 941. The van der Waals surface area contributed by atoms with Gasteiger partial charge in [0.15, 0.2) is 0 Å². The number of rotatable bonds is 6. The minimum absolute atomic E-state index is 0.274. The van der Waals surface area contributed by atoms with Crippen molar-refractivity contribution in [2.75, 3.05) is 20.8 Å². The van der Waals surface area contributed by atoms with Crippen LogP contribution in [0.3, 0.4) is 0 Å². The van der Waals surface area contributed by atoms with Crippen LogP contribution in [0.4, 0.5) is 0 Å². The molecule has 0 saturated heterocycles. The van der Waals surface area contributed by atoms with Crippen LogP contribution >= 0.6 is 0 Å². The first-order valence-electron chi connectivity index (χ1n) is 8.69. The SMILES string of the molecule is CCOC(=O)c1c(-c2ccccc2)oc(C)c1-c1ccc(OC)cc1OC. The lowest BCUT2D eigenvalue weighted by atomic mass is 9.97. The minimum atomic E-state index is -0.430. The molecule has 0 atom stereocenters. The Labute approximate surface area is 158 Å². The van der Waals surface area contributed by atoms with Crippen LogP contribution in [0.15, 0.2) is 52.9 Å². The van der Waals surface area contributed by atoms with E-state index < -0.39 is 5.97 Å². The molecule has 1 aromatic heterocycles. The number of carbonyl (C=O) groups excluding carboxylic acids is 1. The summed E-state index contributed by atoms with van der Waals surface area (Å²) < 4.78 is 22.1. The van der Waals surface area contributed by atoms with E-state index >= 15 is 0 Å². The minimum Gasteiger partial charge on any atom is -0.497 e. The lowest BCUT2D eigenvalue weighted by molar-refractivity contribution is 0.0527. The van der Waals surface area contributed by atoms with Crippen molar-refractivity contribution in [1.29, 1.82) is 0 Å². The maximum absolute atomic E-state index is 12.8. The lowest BCUT2D eigenvalue weighted by Gasteiger charge is -2.12. The Morgan fingerprint density at radius 1 is 1.04 bits per heavy atom. The number of esters is 1. The van der Waals surface area contributed by atoms with Crippen molar-refractivity contribution in [3.8, 4) is 33.9 Å². The van der Waals surface area contributed by atoms with Gasteiger partial charge in [-0.1, -0.05) is 30.3 Å². The molecule has 0 amide bonds. The van der Waals surface area contributed by atoms with Crippen molar-refractivity contribution in [3.05, 3.63) is 59.9 Å². The van der Waals surface area contributed by atoms with Gasteiger partial charge in [-0.05, 0) is 26.0 Å². The molecule has 5 heteroatoms. The molecule has 0 saturated carbocycles. The number of hydrogen-bond acceptors (Lipinski definition) is 5. The average molecular weight is 366 g/mol. The molecule has 5 nitrogen and oxygen atoms in total. The van der Waals surface area contributed by atoms with E-state index in [4.69, 9.17) is 18.6 Å². The van der Waals surface area contributed by atoms with Crippen LogP contribution in [0.5, 0.6) is 11.5 Å². The van der Waals surface area contributed by atoms with Crippen molar-refractivity contribution in [2.45, 2.75) is 13.8 Å². The fourth-order valence-electron chi connectivity index (χ4n) is 3.06. The van der Waals surface area contributed by atoms with E-state index in [0.717, 1.165) is 11.1 Å². The summed E-state index contributed by atoms with van der Waals surface area (Å²) in [7, 11) is 3.17. The fourth-order valence-corrected chi connectivity index (χ4v) is 3.06. The van der Waals surface area contributed by atoms with E-state index in [0.29, 0.717) is 34.1 Å². The zero-order valence-electron chi connectivity index (χ0n) is 15.9. The highest BCUT2D eigenvalue weighted by Gasteiger charge is 2.28. The van der Waals surface area contributed by atoms with Gasteiger partial charge in [-0.3, -0.25) is 0 Å². The Hall–Kier alpha value is -3.21. The summed E-state index contributed by atoms with van der Waals surface area (Å²) in [4.78, 5) is 12.8. The topological polar surface area (TPSA) is 57.9 Å². The van der Waals surface area contributed by atoms with Crippen LogP contribution in [-0.2, 0) is 4.74 Å². The molecule has 3 rings (SSSR count). The molecule has 27 heavy (non-hydrogen) atoms. The number of carbonyl (C=O) groups is 1. The Balaban J connectivity index is 2.27. The van der Waals surface area contributed by atoms with Gasteiger partial charge in [-0.25, -0.2) is 4.79 Å². The van der Waals surface area contributed by atoms with Crippen LogP contribution in [0.2, 0.25) is 0 Å². The molecule has 2 aromatic carbocycles. The molecule has 0 bridgehead atoms. The molecule has 0 unspecified atom stereocenters. The third-order valence-corrected chi connectivity index (χ3v) is 4.28. The van der Waals surface area contributed by atoms with Crippen LogP contribution < -0.4 is 9.47 Å².